The van der Waals surface area contributed by atoms with Crippen molar-refractivity contribution in [2.75, 3.05) is 6.61 Å². The Kier molecular flexibility index (Phi) is 5.51. The Hall–Kier alpha value is -1.93. The Morgan fingerprint density at radius 3 is 2.09 bits per heavy atom. The fraction of sp³-hybridized carbons (Fsp3) is 0.350. The summed E-state index contributed by atoms with van der Waals surface area (Å²) in [5.74, 6) is 0.0563. The molecule has 0 saturated carbocycles. The summed E-state index contributed by atoms with van der Waals surface area (Å²) in [5.41, 5.74) is 2.83. The molecule has 116 valence electrons. The van der Waals surface area contributed by atoms with E-state index in [1.165, 1.54) is 0 Å². The molecule has 2 heteroatoms. The van der Waals surface area contributed by atoms with E-state index in [1.54, 1.807) is 0 Å². The molecule has 0 aliphatic carbocycles. The molecule has 0 aliphatic heterocycles. The first-order valence-electron chi connectivity index (χ1n) is 7.72. The van der Waals surface area contributed by atoms with Gasteiger partial charge >= 0.3 is 0 Å². The zero-order valence-electron chi connectivity index (χ0n) is 13.6. The van der Waals surface area contributed by atoms with Gasteiger partial charge in [0.25, 0.3) is 0 Å². The van der Waals surface area contributed by atoms with Crippen LogP contribution in [0.5, 0.6) is 0 Å². The SMILES string of the molecule is CC(C)(C)CCOCc1ccc(C(=O)c2ccccc2)cc1. The highest BCUT2D eigenvalue weighted by atomic mass is 16.5. The number of hydrogen-bond donors (Lipinski definition) is 0. The van der Waals surface area contributed by atoms with Crippen molar-refractivity contribution in [1.29, 1.82) is 0 Å². The van der Waals surface area contributed by atoms with Gasteiger partial charge in [-0.2, -0.15) is 0 Å². The van der Waals surface area contributed by atoms with Gasteiger partial charge in [0.15, 0.2) is 5.78 Å². The van der Waals surface area contributed by atoms with Crippen LogP contribution < -0.4 is 0 Å². The molecule has 2 aromatic rings. The molecule has 0 fully saturated rings. The topological polar surface area (TPSA) is 26.3 Å². The lowest BCUT2D eigenvalue weighted by Gasteiger charge is -2.17. The van der Waals surface area contributed by atoms with Crippen LogP contribution in [0.4, 0.5) is 0 Å². The van der Waals surface area contributed by atoms with Crippen molar-refractivity contribution in [2.24, 2.45) is 5.41 Å². The van der Waals surface area contributed by atoms with Crippen molar-refractivity contribution in [3.05, 3.63) is 71.3 Å². The van der Waals surface area contributed by atoms with Gasteiger partial charge in [-0.25, -0.2) is 0 Å². The molecular weight excluding hydrogens is 272 g/mol. The Bertz CT molecular complexity index is 592. The van der Waals surface area contributed by atoms with Gasteiger partial charge in [-0.1, -0.05) is 75.4 Å². The minimum absolute atomic E-state index is 0.0563. The molecule has 0 N–H and O–H groups in total. The lowest BCUT2D eigenvalue weighted by Crippen LogP contribution is -2.09. The lowest BCUT2D eigenvalue weighted by atomic mass is 9.93. The van der Waals surface area contributed by atoms with Gasteiger partial charge in [0, 0.05) is 17.7 Å². The van der Waals surface area contributed by atoms with E-state index in [9.17, 15) is 4.79 Å². The second kappa shape index (κ2) is 7.37. The van der Waals surface area contributed by atoms with Crippen LogP contribution in [0.2, 0.25) is 0 Å². The fourth-order valence-corrected chi connectivity index (χ4v) is 2.08. The van der Waals surface area contributed by atoms with E-state index in [0.717, 1.165) is 24.2 Å². The first-order chi connectivity index (χ1) is 10.5. The third-order valence-electron chi connectivity index (χ3n) is 3.52. The van der Waals surface area contributed by atoms with Gasteiger partial charge in [-0.15, -0.1) is 0 Å². The molecule has 22 heavy (non-hydrogen) atoms. The van der Waals surface area contributed by atoms with E-state index in [2.05, 4.69) is 20.8 Å². The Morgan fingerprint density at radius 1 is 0.909 bits per heavy atom. The molecule has 2 aromatic carbocycles. The molecule has 0 atom stereocenters. The van der Waals surface area contributed by atoms with Crippen LogP contribution in [0.15, 0.2) is 54.6 Å². The van der Waals surface area contributed by atoms with E-state index < -0.39 is 0 Å². The minimum atomic E-state index is 0.0563. The highest BCUT2D eigenvalue weighted by molar-refractivity contribution is 6.08. The maximum Gasteiger partial charge on any atom is 0.193 e. The van der Waals surface area contributed by atoms with Crippen LogP contribution in [0.1, 0.15) is 48.7 Å². The normalized spacial score (nSPS) is 11.4. The number of carbonyl (C=O) groups excluding carboxylic acids is 1. The van der Waals surface area contributed by atoms with E-state index in [-0.39, 0.29) is 5.78 Å². The Balaban J connectivity index is 1.89. The molecule has 0 bridgehead atoms. The summed E-state index contributed by atoms with van der Waals surface area (Å²) >= 11 is 0. The molecule has 0 aliphatic rings. The average Bonchev–Trinajstić information content (AvgIpc) is 2.51. The average molecular weight is 296 g/mol. The van der Waals surface area contributed by atoms with Gasteiger partial charge in [0.1, 0.15) is 0 Å². The number of hydrogen-bond acceptors (Lipinski definition) is 2. The molecule has 0 unspecified atom stereocenters. The summed E-state index contributed by atoms with van der Waals surface area (Å²) in [6.07, 6.45) is 1.04. The zero-order valence-corrected chi connectivity index (χ0v) is 13.6. The number of carbonyl (C=O) groups is 1. The second-order valence-electron chi connectivity index (χ2n) is 6.76. The molecule has 0 spiro atoms. The Labute approximate surface area is 133 Å². The third-order valence-corrected chi connectivity index (χ3v) is 3.52. The van der Waals surface area contributed by atoms with Crippen LogP contribution >= 0.6 is 0 Å². The van der Waals surface area contributed by atoms with Crippen LogP contribution in [0.25, 0.3) is 0 Å². The van der Waals surface area contributed by atoms with E-state index in [4.69, 9.17) is 4.74 Å². The van der Waals surface area contributed by atoms with Crippen LogP contribution in [0.3, 0.4) is 0 Å². The smallest absolute Gasteiger partial charge is 0.193 e. The van der Waals surface area contributed by atoms with Crippen molar-refractivity contribution < 1.29 is 9.53 Å². The molecule has 0 heterocycles. The van der Waals surface area contributed by atoms with E-state index in [1.807, 2.05) is 54.6 Å². The van der Waals surface area contributed by atoms with E-state index >= 15 is 0 Å². The van der Waals surface area contributed by atoms with Gasteiger partial charge in [0.05, 0.1) is 6.61 Å². The van der Waals surface area contributed by atoms with Crippen molar-refractivity contribution in [3.63, 3.8) is 0 Å². The summed E-state index contributed by atoms with van der Waals surface area (Å²) in [7, 11) is 0. The predicted molar refractivity (Wildman–Crippen MR) is 90.0 cm³/mol. The largest absolute Gasteiger partial charge is 0.377 e. The summed E-state index contributed by atoms with van der Waals surface area (Å²) < 4.78 is 5.70. The predicted octanol–water partition coefficient (Wildman–Crippen LogP) is 4.87. The highest BCUT2D eigenvalue weighted by Crippen LogP contribution is 2.18. The number of rotatable bonds is 6. The summed E-state index contributed by atoms with van der Waals surface area (Å²) in [5, 5.41) is 0. The maximum atomic E-state index is 12.3. The zero-order chi connectivity index (χ0) is 16.0. The second-order valence-corrected chi connectivity index (χ2v) is 6.76. The monoisotopic (exact) mass is 296 g/mol. The summed E-state index contributed by atoms with van der Waals surface area (Å²) in [6, 6.07) is 17.0. The van der Waals surface area contributed by atoms with Crippen LogP contribution in [-0.2, 0) is 11.3 Å². The van der Waals surface area contributed by atoms with E-state index in [0.29, 0.717) is 17.6 Å². The lowest BCUT2D eigenvalue weighted by molar-refractivity contribution is 0.0961. The fourth-order valence-electron chi connectivity index (χ4n) is 2.08. The molecule has 2 rings (SSSR count). The number of benzene rings is 2. The first-order valence-corrected chi connectivity index (χ1v) is 7.72. The number of ketones is 1. The third kappa shape index (κ3) is 5.12. The van der Waals surface area contributed by atoms with Crippen LogP contribution in [-0.4, -0.2) is 12.4 Å². The van der Waals surface area contributed by atoms with Crippen LogP contribution in [0, 0.1) is 5.41 Å². The molecular formula is C20H24O2. The maximum absolute atomic E-state index is 12.3. The number of ether oxygens (including phenoxy) is 1. The molecule has 2 nitrogen and oxygen atoms in total. The van der Waals surface area contributed by atoms with Crippen molar-refractivity contribution in [1.82, 2.24) is 0 Å². The van der Waals surface area contributed by atoms with Gasteiger partial charge in [-0.05, 0) is 17.4 Å². The summed E-state index contributed by atoms with van der Waals surface area (Å²) in [4.78, 5) is 12.3. The first kappa shape index (κ1) is 16.4. The van der Waals surface area contributed by atoms with Gasteiger partial charge in [-0.3, -0.25) is 4.79 Å². The molecule has 0 radical (unpaired) electrons. The minimum Gasteiger partial charge on any atom is -0.377 e. The molecule has 0 saturated heterocycles. The van der Waals surface area contributed by atoms with Gasteiger partial charge in [0.2, 0.25) is 0 Å². The van der Waals surface area contributed by atoms with Gasteiger partial charge < -0.3 is 4.74 Å². The Morgan fingerprint density at radius 2 is 1.50 bits per heavy atom. The van der Waals surface area contributed by atoms with Crippen molar-refractivity contribution >= 4 is 5.78 Å². The molecule has 0 aromatic heterocycles. The van der Waals surface area contributed by atoms with Crippen molar-refractivity contribution in [2.45, 2.75) is 33.8 Å². The highest BCUT2D eigenvalue weighted by Gasteiger charge is 2.10. The van der Waals surface area contributed by atoms with Crippen molar-refractivity contribution in [3.8, 4) is 0 Å². The standard InChI is InChI=1S/C20H24O2/c1-20(2,3)13-14-22-15-16-9-11-18(12-10-16)19(21)17-7-5-4-6-8-17/h4-12H,13-15H2,1-3H3. The quantitative estimate of drug-likeness (QED) is 0.561. The summed E-state index contributed by atoms with van der Waals surface area (Å²) in [6.45, 7) is 7.98. The molecule has 0 amide bonds.